The molecule has 1 aromatic rings. The Labute approximate surface area is 124 Å². The summed E-state index contributed by atoms with van der Waals surface area (Å²) in [6.45, 7) is 0.406. The molecule has 1 heterocycles. The molecule has 1 unspecified atom stereocenters. The van der Waals surface area contributed by atoms with Gasteiger partial charge in [-0.2, -0.15) is 0 Å². The number of hydrogen-bond acceptors (Lipinski definition) is 4. The van der Waals surface area contributed by atoms with Crippen molar-refractivity contribution in [3.05, 3.63) is 39.8 Å². The molecule has 22 heavy (non-hydrogen) atoms. The highest BCUT2D eigenvalue weighted by Crippen LogP contribution is 2.27. The van der Waals surface area contributed by atoms with Crippen LogP contribution >= 0.6 is 0 Å². The van der Waals surface area contributed by atoms with Crippen LogP contribution in [-0.4, -0.2) is 41.1 Å². The SMILES string of the molecule is [N-]=[N+]=NCC1CC(=O)N(c2cc(C(=O)O)cc(C(=O)O)c2)C1. The van der Waals surface area contributed by atoms with Crippen LogP contribution in [0.3, 0.4) is 0 Å². The quantitative estimate of drug-likeness (QED) is 0.483. The Bertz CT molecular complexity index is 663. The molecule has 0 aliphatic carbocycles. The summed E-state index contributed by atoms with van der Waals surface area (Å²) in [7, 11) is 0. The molecule has 1 amide bonds. The number of aromatic carboxylic acids is 2. The van der Waals surface area contributed by atoms with Crippen molar-refractivity contribution in [2.45, 2.75) is 6.42 Å². The number of rotatable bonds is 5. The highest BCUT2D eigenvalue weighted by molar-refractivity contribution is 6.00. The number of carboxylic acid groups (broad SMARTS) is 2. The highest BCUT2D eigenvalue weighted by Gasteiger charge is 2.31. The van der Waals surface area contributed by atoms with E-state index < -0.39 is 11.9 Å². The second-order valence-electron chi connectivity index (χ2n) is 4.87. The topological polar surface area (TPSA) is 144 Å². The van der Waals surface area contributed by atoms with Crippen LogP contribution in [0.2, 0.25) is 0 Å². The molecule has 9 heteroatoms. The Hall–Kier alpha value is -3.06. The van der Waals surface area contributed by atoms with E-state index in [1.165, 1.54) is 17.0 Å². The van der Waals surface area contributed by atoms with Crippen molar-refractivity contribution in [2.75, 3.05) is 18.0 Å². The smallest absolute Gasteiger partial charge is 0.335 e. The van der Waals surface area contributed by atoms with E-state index in [1.807, 2.05) is 0 Å². The second kappa shape index (κ2) is 6.15. The Morgan fingerprint density at radius 3 is 2.36 bits per heavy atom. The number of carbonyl (C=O) groups is 3. The van der Waals surface area contributed by atoms with E-state index in [0.29, 0.717) is 0 Å². The normalized spacial score (nSPS) is 17.2. The number of anilines is 1. The molecule has 1 aromatic carbocycles. The van der Waals surface area contributed by atoms with Gasteiger partial charge in [0, 0.05) is 30.1 Å². The molecule has 1 saturated heterocycles. The summed E-state index contributed by atoms with van der Waals surface area (Å²) >= 11 is 0. The zero-order valence-corrected chi connectivity index (χ0v) is 11.3. The lowest BCUT2D eigenvalue weighted by Crippen LogP contribution is -2.25. The van der Waals surface area contributed by atoms with E-state index >= 15 is 0 Å². The molecule has 2 rings (SSSR count). The van der Waals surface area contributed by atoms with Crippen molar-refractivity contribution in [3.63, 3.8) is 0 Å². The van der Waals surface area contributed by atoms with Crippen LogP contribution in [0.4, 0.5) is 5.69 Å². The minimum atomic E-state index is -1.28. The minimum absolute atomic E-state index is 0.156. The van der Waals surface area contributed by atoms with Gasteiger partial charge in [0.1, 0.15) is 0 Å². The van der Waals surface area contributed by atoms with Crippen LogP contribution in [0.1, 0.15) is 27.1 Å². The third-order valence-corrected chi connectivity index (χ3v) is 3.33. The van der Waals surface area contributed by atoms with Crippen LogP contribution in [0.15, 0.2) is 23.3 Å². The Morgan fingerprint density at radius 1 is 1.27 bits per heavy atom. The van der Waals surface area contributed by atoms with Crippen LogP contribution in [-0.2, 0) is 4.79 Å². The maximum absolute atomic E-state index is 12.0. The van der Waals surface area contributed by atoms with Gasteiger partial charge >= 0.3 is 11.9 Å². The van der Waals surface area contributed by atoms with E-state index in [4.69, 9.17) is 15.7 Å². The molecule has 114 valence electrons. The van der Waals surface area contributed by atoms with Crippen molar-refractivity contribution in [1.29, 1.82) is 0 Å². The molecule has 0 bridgehead atoms. The van der Waals surface area contributed by atoms with E-state index in [0.717, 1.165) is 6.07 Å². The molecule has 0 saturated carbocycles. The third kappa shape index (κ3) is 3.15. The van der Waals surface area contributed by atoms with Gasteiger partial charge in [-0.15, -0.1) is 0 Å². The molecule has 1 atom stereocenters. The lowest BCUT2D eigenvalue weighted by atomic mass is 10.1. The molecule has 0 aromatic heterocycles. The fraction of sp³-hybridized carbons (Fsp3) is 0.308. The second-order valence-corrected chi connectivity index (χ2v) is 4.87. The number of hydrogen-bond donors (Lipinski definition) is 2. The van der Waals surface area contributed by atoms with Crippen molar-refractivity contribution < 1.29 is 24.6 Å². The van der Waals surface area contributed by atoms with Crippen molar-refractivity contribution in [3.8, 4) is 0 Å². The number of azide groups is 1. The average Bonchev–Trinajstić information content (AvgIpc) is 2.85. The summed E-state index contributed by atoms with van der Waals surface area (Å²) in [5.41, 5.74) is 8.10. The minimum Gasteiger partial charge on any atom is -0.478 e. The van der Waals surface area contributed by atoms with E-state index in [9.17, 15) is 14.4 Å². The van der Waals surface area contributed by atoms with Gasteiger partial charge in [0.05, 0.1) is 11.1 Å². The van der Waals surface area contributed by atoms with Gasteiger partial charge < -0.3 is 15.1 Å². The number of benzene rings is 1. The summed E-state index contributed by atoms with van der Waals surface area (Å²) < 4.78 is 0. The maximum Gasteiger partial charge on any atom is 0.335 e. The Morgan fingerprint density at radius 2 is 1.86 bits per heavy atom. The van der Waals surface area contributed by atoms with Gasteiger partial charge in [0.15, 0.2) is 0 Å². The number of carboxylic acids is 2. The summed E-state index contributed by atoms with van der Waals surface area (Å²) in [5.74, 6) is -2.99. The fourth-order valence-corrected chi connectivity index (χ4v) is 2.32. The summed E-state index contributed by atoms with van der Waals surface area (Å²) in [5, 5.41) is 21.5. The zero-order chi connectivity index (χ0) is 16.3. The molecule has 9 nitrogen and oxygen atoms in total. The Balaban J connectivity index is 2.35. The molecular formula is C13H12N4O5. The standard InChI is InChI=1S/C13H12N4O5/c14-16-15-5-7-1-11(18)17(6-7)10-3-8(12(19)20)2-9(4-10)13(21)22/h2-4,7H,1,5-6H2,(H,19,20)(H,21,22). The Kier molecular flexibility index (Phi) is 4.28. The summed E-state index contributed by atoms with van der Waals surface area (Å²) in [4.78, 5) is 38.1. The first-order valence-electron chi connectivity index (χ1n) is 6.35. The molecule has 2 N–H and O–H groups in total. The van der Waals surface area contributed by atoms with Gasteiger partial charge in [-0.1, -0.05) is 5.11 Å². The van der Waals surface area contributed by atoms with Crippen molar-refractivity contribution in [1.82, 2.24) is 0 Å². The summed E-state index contributed by atoms with van der Waals surface area (Å²) in [6, 6.07) is 3.54. The maximum atomic E-state index is 12.0. The number of nitrogens with zero attached hydrogens (tertiary/aromatic N) is 4. The van der Waals surface area contributed by atoms with Gasteiger partial charge in [0.2, 0.25) is 5.91 Å². The molecular weight excluding hydrogens is 292 g/mol. The van der Waals surface area contributed by atoms with Gasteiger partial charge in [-0.3, -0.25) is 4.79 Å². The van der Waals surface area contributed by atoms with Gasteiger partial charge in [0.25, 0.3) is 0 Å². The van der Waals surface area contributed by atoms with E-state index in [-0.39, 0.29) is 48.1 Å². The third-order valence-electron chi connectivity index (χ3n) is 3.33. The van der Waals surface area contributed by atoms with E-state index in [1.54, 1.807) is 0 Å². The first-order chi connectivity index (χ1) is 10.4. The van der Waals surface area contributed by atoms with Crippen molar-refractivity contribution in [2.24, 2.45) is 11.0 Å². The van der Waals surface area contributed by atoms with Crippen LogP contribution in [0, 0.1) is 5.92 Å². The first kappa shape index (κ1) is 15.3. The fourth-order valence-electron chi connectivity index (χ4n) is 2.32. The largest absolute Gasteiger partial charge is 0.478 e. The molecule has 0 spiro atoms. The molecule has 1 fully saturated rings. The predicted octanol–water partition coefficient (Wildman–Crippen LogP) is 1.75. The van der Waals surface area contributed by atoms with Gasteiger partial charge in [-0.25, -0.2) is 9.59 Å². The zero-order valence-electron chi connectivity index (χ0n) is 11.3. The summed E-state index contributed by atoms with van der Waals surface area (Å²) in [6.07, 6.45) is 0.165. The molecule has 0 radical (unpaired) electrons. The monoisotopic (exact) mass is 304 g/mol. The molecule has 1 aliphatic rings. The molecule has 1 aliphatic heterocycles. The van der Waals surface area contributed by atoms with Gasteiger partial charge in [-0.05, 0) is 29.6 Å². The van der Waals surface area contributed by atoms with E-state index in [2.05, 4.69) is 10.0 Å². The van der Waals surface area contributed by atoms with Crippen LogP contribution in [0.5, 0.6) is 0 Å². The highest BCUT2D eigenvalue weighted by atomic mass is 16.4. The average molecular weight is 304 g/mol. The van der Waals surface area contributed by atoms with Crippen LogP contribution in [0.25, 0.3) is 10.4 Å². The number of carbonyl (C=O) groups excluding carboxylic acids is 1. The van der Waals surface area contributed by atoms with Crippen molar-refractivity contribution >= 4 is 23.5 Å². The van der Waals surface area contributed by atoms with Crippen LogP contribution < -0.4 is 4.90 Å². The first-order valence-corrected chi connectivity index (χ1v) is 6.35. The lowest BCUT2D eigenvalue weighted by molar-refractivity contribution is -0.117. The predicted molar refractivity (Wildman–Crippen MR) is 74.8 cm³/mol. The lowest BCUT2D eigenvalue weighted by Gasteiger charge is -2.17. The number of amides is 1.